The molecular formula is C10H11BrClNO4S2. The number of nitrogens with one attached hydrogen (secondary N) is 1. The van der Waals surface area contributed by atoms with Gasteiger partial charge >= 0.3 is 5.97 Å². The smallest absolute Gasteiger partial charge is 0.306 e. The number of halogens is 2. The van der Waals surface area contributed by atoms with Gasteiger partial charge in [-0.1, -0.05) is 11.6 Å². The average Bonchev–Trinajstić information content (AvgIpc) is 2.87. The molecule has 1 aliphatic rings. The zero-order chi connectivity index (χ0) is 14.2. The predicted molar refractivity (Wildman–Crippen MR) is 76.1 cm³/mol. The normalized spacial score (nSPS) is 23.7. The van der Waals surface area contributed by atoms with E-state index in [0.717, 1.165) is 11.3 Å². The van der Waals surface area contributed by atoms with E-state index in [-0.39, 0.29) is 10.3 Å². The van der Waals surface area contributed by atoms with E-state index >= 15 is 0 Å². The van der Waals surface area contributed by atoms with Crippen LogP contribution in [-0.4, -0.2) is 25.5 Å². The Morgan fingerprint density at radius 3 is 2.68 bits per heavy atom. The Kier molecular flexibility index (Phi) is 4.56. The Hall–Kier alpha value is -0.150. The Balaban J connectivity index is 2.08. The van der Waals surface area contributed by atoms with Crippen LogP contribution in [0.1, 0.15) is 19.3 Å². The van der Waals surface area contributed by atoms with E-state index in [1.807, 2.05) is 0 Å². The van der Waals surface area contributed by atoms with Crippen molar-refractivity contribution in [3.8, 4) is 0 Å². The van der Waals surface area contributed by atoms with Crippen LogP contribution in [-0.2, 0) is 14.8 Å². The van der Waals surface area contributed by atoms with Crippen LogP contribution in [0.25, 0.3) is 0 Å². The van der Waals surface area contributed by atoms with Crippen molar-refractivity contribution < 1.29 is 18.3 Å². The van der Waals surface area contributed by atoms with Crippen molar-refractivity contribution in [2.45, 2.75) is 29.5 Å². The summed E-state index contributed by atoms with van der Waals surface area (Å²) in [7, 11) is -3.63. The number of carboxylic acids is 1. The van der Waals surface area contributed by atoms with Crippen molar-refractivity contribution in [2.24, 2.45) is 5.92 Å². The molecule has 19 heavy (non-hydrogen) atoms. The summed E-state index contributed by atoms with van der Waals surface area (Å²) in [6.45, 7) is 0. The first kappa shape index (κ1) is 15.2. The maximum absolute atomic E-state index is 12.1. The zero-order valence-electron chi connectivity index (χ0n) is 9.60. The number of carbonyl (C=O) groups is 1. The van der Waals surface area contributed by atoms with E-state index in [4.69, 9.17) is 16.7 Å². The Labute approximate surface area is 128 Å². The molecule has 0 saturated heterocycles. The van der Waals surface area contributed by atoms with Gasteiger partial charge in [-0.25, -0.2) is 13.1 Å². The second kappa shape index (κ2) is 5.69. The fourth-order valence-corrected chi connectivity index (χ4v) is 5.75. The van der Waals surface area contributed by atoms with Crippen molar-refractivity contribution >= 4 is 54.9 Å². The topological polar surface area (TPSA) is 83.5 Å². The fraction of sp³-hybridized carbons (Fsp3) is 0.500. The van der Waals surface area contributed by atoms with Gasteiger partial charge in [0, 0.05) is 6.04 Å². The van der Waals surface area contributed by atoms with Crippen molar-refractivity contribution in [2.75, 3.05) is 0 Å². The molecular weight excluding hydrogens is 378 g/mol. The molecule has 1 heterocycles. The standard InChI is InChI=1S/C10H11BrClNO4S2/c11-9-7(12)4-8(18-9)19(16,17)13-6-2-1-5(3-6)10(14)15/h4-6,13H,1-3H2,(H,14,15)/t5-,6+/m1/s1. The quantitative estimate of drug-likeness (QED) is 0.830. The van der Waals surface area contributed by atoms with Gasteiger partial charge in [-0.15, -0.1) is 11.3 Å². The van der Waals surface area contributed by atoms with Gasteiger partial charge < -0.3 is 5.11 Å². The maximum Gasteiger partial charge on any atom is 0.306 e. The Morgan fingerprint density at radius 2 is 2.21 bits per heavy atom. The lowest BCUT2D eigenvalue weighted by Crippen LogP contribution is -2.32. The van der Waals surface area contributed by atoms with Crippen molar-refractivity contribution in [1.82, 2.24) is 4.72 Å². The lowest BCUT2D eigenvalue weighted by Gasteiger charge is -2.11. The summed E-state index contributed by atoms with van der Waals surface area (Å²) in [6.07, 6.45) is 1.36. The Bertz CT molecular complexity index is 581. The second-order valence-corrected chi connectivity index (χ2v) is 9.07. The van der Waals surface area contributed by atoms with Crippen LogP contribution < -0.4 is 4.72 Å². The molecule has 106 valence electrons. The summed E-state index contributed by atoms with van der Waals surface area (Å²) in [5.41, 5.74) is 0. The zero-order valence-corrected chi connectivity index (χ0v) is 13.6. The van der Waals surface area contributed by atoms with E-state index in [0.29, 0.717) is 28.1 Å². The molecule has 5 nitrogen and oxygen atoms in total. The van der Waals surface area contributed by atoms with Crippen LogP contribution in [0.5, 0.6) is 0 Å². The van der Waals surface area contributed by atoms with Gasteiger partial charge in [-0.2, -0.15) is 0 Å². The molecule has 0 aliphatic heterocycles. The molecule has 1 saturated carbocycles. The fourth-order valence-electron chi connectivity index (χ4n) is 2.05. The first-order chi connectivity index (χ1) is 8.79. The molecule has 0 amide bonds. The van der Waals surface area contributed by atoms with Crippen molar-refractivity contribution in [3.05, 3.63) is 14.9 Å². The minimum Gasteiger partial charge on any atom is -0.481 e. The number of carboxylic acid groups (broad SMARTS) is 1. The van der Waals surface area contributed by atoms with E-state index in [2.05, 4.69) is 20.7 Å². The van der Waals surface area contributed by atoms with Gasteiger partial charge in [0.2, 0.25) is 10.0 Å². The second-order valence-electron chi connectivity index (χ2n) is 4.35. The largest absolute Gasteiger partial charge is 0.481 e. The molecule has 0 radical (unpaired) electrons. The molecule has 9 heteroatoms. The molecule has 0 bridgehead atoms. The number of thiophene rings is 1. The van der Waals surface area contributed by atoms with Crippen molar-refractivity contribution in [1.29, 1.82) is 0 Å². The third kappa shape index (κ3) is 3.49. The van der Waals surface area contributed by atoms with E-state index in [1.54, 1.807) is 0 Å². The SMILES string of the molecule is O=C(O)[C@@H]1CC[C@H](NS(=O)(=O)c2cc(Cl)c(Br)s2)C1. The minimum atomic E-state index is -3.63. The number of rotatable bonds is 4. The molecule has 1 fully saturated rings. The van der Waals surface area contributed by atoms with E-state index < -0.39 is 21.9 Å². The molecule has 0 aromatic carbocycles. The lowest BCUT2D eigenvalue weighted by molar-refractivity contribution is -0.141. The van der Waals surface area contributed by atoms with Crippen LogP contribution >= 0.6 is 38.9 Å². The highest BCUT2D eigenvalue weighted by atomic mass is 79.9. The highest BCUT2D eigenvalue weighted by Crippen LogP contribution is 2.35. The Morgan fingerprint density at radius 1 is 1.53 bits per heavy atom. The molecule has 1 aromatic rings. The van der Waals surface area contributed by atoms with E-state index in [1.165, 1.54) is 6.07 Å². The molecule has 1 aliphatic carbocycles. The first-order valence-electron chi connectivity index (χ1n) is 5.49. The molecule has 2 N–H and O–H groups in total. The molecule has 0 unspecified atom stereocenters. The predicted octanol–water partition coefficient (Wildman–Crippen LogP) is 2.70. The van der Waals surface area contributed by atoms with Crippen LogP contribution in [0, 0.1) is 5.92 Å². The summed E-state index contributed by atoms with van der Waals surface area (Å²) in [5, 5.41) is 9.23. The number of hydrogen-bond donors (Lipinski definition) is 2. The number of hydrogen-bond acceptors (Lipinski definition) is 4. The summed E-state index contributed by atoms with van der Waals surface area (Å²) >= 11 is 10.0. The minimum absolute atomic E-state index is 0.128. The van der Waals surface area contributed by atoms with E-state index in [9.17, 15) is 13.2 Å². The monoisotopic (exact) mass is 387 g/mol. The van der Waals surface area contributed by atoms with Gasteiger partial charge in [0.25, 0.3) is 0 Å². The molecule has 1 aromatic heterocycles. The third-order valence-electron chi connectivity index (χ3n) is 2.99. The van der Waals surface area contributed by atoms with Crippen LogP contribution in [0.3, 0.4) is 0 Å². The first-order valence-corrected chi connectivity index (χ1v) is 8.96. The highest BCUT2D eigenvalue weighted by Gasteiger charge is 2.33. The maximum atomic E-state index is 12.1. The summed E-state index contributed by atoms with van der Waals surface area (Å²) in [4.78, 5) is 10.8. The summed E-state index contributed by atoms with van der Waals surface area (Å²) in [5.74, 6) is -1.34. The van der Waals surface area contributed by atoms with Crippen LogP contribution in [0.2, 0.25) is 5.02 Å². The van der Waals surface area contributed by atoms with Crippen LogP contribution in [0.4, 0.5) is 0 Å². The van der Waals surface area contributed by atoms with Gasteiger partial charge in [0.1, 0.15) is 4.21 Å². The van der Waals surface area contributed by atoms with Crippen LogP contribution in [0.15, 0.2) is 14.1 Å². The highest BCUT2D eigenvalue weighted by molar-refractivity contribution is 9.11. The van der Waals surface area contributed by atoms with Crippen molar-refractivity contribution in [3.63, 3.8) is 0 Å². The summed E-state index contributed by atoms with van der Waals surface area (Å²) < 4.78 is 27.4. The third-order valence-corrected chi connectivity index (χ3v) is 7.46. The molecule has 2 rings (SSSR count). The summed E-state index contributed by atoms with van der Waals surface area (Å²) in [6, 6.07) is 1.05. The molecule has 2 atom stereocenters. The molecule has 0 spiro atoms. The van der Waals surface area contributed by atoms with Gasteiger partial charge in [-0.3, -0.25) is 4.79 Å². The van der Waals surface area contributed by atoms with Gasteiger partial charge in [0.05, 0.1) is 14.7 Å². The average molecular weight is 389 g/mol. The lowest BCUT2D eigenvalue weighted by atomic mass is 10.1. The van der Waals surface area contributed by atoms with Gasteiger partial charge in [-0.05, 0) is 41.3 Å². The number of aliphatic carboxylic acids is 1. The van der Waals surface area contributed by atoms with Gasteiger partial charge in [0.15, 0.2) is 0 Å². The number of sulfonamides is 1.